The molecule has 0 bridgehead atoms. The van der Waals surface area contributed by atoms with Gasteiger partial charge in [-0.15, -0.1) is 0 Å². The molecule has 6 heteroatoms. The number of hydrogen-bond acceptors (Lipinski definition) is 4. The molecule has 21 heavy (non-hydrogen) atoms. The number of nitrogens with one attached hydrogen (secondary N) is 1. The van der Waals surface area contributed by atoms with Gasteiger partial charge in [0.15, 0.2) is 0 Å². The lowest BCUT2D eigenvalue weighted by atomic mass is 10.1. The van der Waals surface area contributed by atoms with E-state index in [1.54, 1.807) is 42.6 Å². The second-order valence-electron chi connectivity index (χ2n) is 4.19. The lowest BCUT2D eigenvalue weighted by Gasteiger charge is -2.05. The van der Waals surface area contributed by atoms with Crippen molar-refractivity contribution >= 4 is 18.0 Å². The van der Waals surface area contributed by atoms with Crippen molar-refractivity contribution in [3.63, 3.8) is 0 Å². The maximum atomic E-state index is 12.0. The molecule has 0 spiro atoms. The van der Waals surface area contributed by atoms with Gasteiger partial charge in [-0.3, -0.25) is 4.79 Å². The topological polar surface area (TPSA) is 92.2 Å². The van der Waals surface area contributed by atoms with Crippen molar-refractivity contribution in [2.45, 2.75) is 6.54 Å². The quantitative estimate of drug-likeness (QED) is 0.811. The van der Waals surface area contributed by atoms with Gasteiger partial charge in [-0.2, -0.15) is 10.2 Å². The molecule has 6 nitrogen and oxygen atoms in total. The molecule has 0 fully saturated rings. The molecule has 0 saturated heterocycles. The third-order valence-corrected chi connectivity index (χ3v) is 2.62. The lowest BCUT2D eigenvalue weighted by molar-refractivity contribution is -0.131. The highest BCUT2D eigenvalue weighted by atomic mass is 16.4. The zero-order valence-corrected chi connectivity index (χ0v) is 11.1. The first-order valence-corrected chi connectivity index (χ1v) is 6.21. The Balaban J connectivity index is 2.02. The molecule has 1 aromatic heterocycles. The number of benzene rings is 1. The average Bonchev–Trinajstić information content (AvgIpc) is 2.52. The SMILES string of the molecule is O=C(O)/C=C/c1cccc(C(=O)NCc2cccnn2)c1. The van der Waals surface area contributed by atoms with Crippen LogP contribution in [0.3, 0.4) is 0 Å². The number of carbonyl (C=O) groups excluding carboxylic acids is 1. The van der Waals surface area contributed by atoms with Gasteiger partial charge < -0.3 is 10.4 Å². The number of carboxylic acids is 1. The molecule has 1 aromatic carbocycles. The van der Waals surface area contributed by atoms with E-state index >= 15 is 0 Å². The van der Waals surface area contributed by atoms with E-state index in [0.29, 0.717) is 16.8 Å². The number of carbonyl (C=O) groups is 2. The molecule has 0 unspecified atom stereocenters. The summed E-state index contributed by atoms with van der Waals surface area (Å²) in [4.78, 5) is 22.5. The second-order valence-corrected chi connectivity index (χ2v) is 4.19. The second kappa shape index (κ2) is 6.95. The van der Waals surface area contributed by atoms with Gasteiger partial charge in [0.05, 0.1) is 12.2 Å². The van der Waals surface area contributed by atoms with E-state index in [-0.39, 0.29) is 12.5 Å². The predicted octanol–water partition coefficient (Wildman–Crippen LogP) is 1.50. The summed E-state index contributed by atoms with van der Waals surface area (Å²) in [5, 5.41) is 18.9. The molecule has 0 aliphatic rings. The van der Waals surface area contributed by atoms with Crippen molar-refractivity contribution in [1.29, 1.82) is 0 Å². The van der Waals surface area contributed by atoms with Crippen LogP contribution in [0.15, 0.2) is 48.7 Å². The molecule has 0 aliphatic carbocycles. The van der Waals surface area contributed by atoms with Crippen LogP contribution in [-0.2, 0) is 11.3 Å². The summed E-state index contributed by atoms with van der Waals surface area (Å²) >= 11 is 0. The highest BCUT2D eigenvalue weighted by Crippen LogP contribution is 2.07. The third-order valence-electron chi connectivity index (χ3n) is 2.62. The monoisotopic (exact) mass is 283 g/mol. The van der Waals surface area contributed by atoms with Crippen LogP contribution in [0.5, 0.6) is 0 Å². The zero-order chi connectivity index (χ0) is 15.1. The van der Waals surface area contributed by atoms with E-state index in [0.717, 1.165) is 6.08 Å². The number of hydrogen-bond donors (Lipinski definition) is 2. The average molecular weight is 283 g/mol. The molecule has 2 rings (SSSR count). The Hall–Kier alpha value is -3.02. The van der Waals surface area contributed by atoms with Gasteiger partial charge in [-0.1, -0.05) is 12.1 Å². The first kappa shape index (κ1) is 14.4. The van der Waals surface area contributed by atoms with Crippen LogP contribution in [0.1, 0.15) is 21.6 Å². The Morgan fingerprint density at radius 1 is 1.24 bits per heavy atom. The smallest absolute Gasteiger partial charge is 0.328 e. The molecular weight excluding hydrogens is 270 g/mol. The minimum absolute atomic E-state index is 0.258. The Kier molecular flexibility index (Phi) is 4.76. The molecule has 0 radical (unpaired) electrons. The first-order chi connectivity index (χ1) is 10.1. The molecule has 0 aliphatic heterocycles. The van der Waals surface area contributed by atoms with Crippen LogP contribution in [-0.4, -0.2) is 27.2 Å². The highest BCUT2D eigenvalue weighted by Gasteiger charge is 2.06. The Morgan fingerprint density at radius 2 is 2.10 bits per heavy atom. The summed E-state index contributed by atoms with van der Waals surface area (Å²) in [6.45, 7) is 0.280. The molecule has 1 heterocycles. The third kappa shape index (κ3) is 4.54. The van der Waals surface area contributed by atoms with Crippen LogP contribution in [0.2, 0.25) is 0 Å². The number of aliphatic carboxylic acids is 1. The van der Waals surface area contributed by atoms with Crippen LogP contribution in [0.25, 0.3) is 6.08 Å². The van der Waals surface area contributed by atoms with Gasteiger partial charge >= 0.3 is 5.97 Å². The summed E-state index contributed by atoms with van der Waals surface area (Å²) in [6.07, 6.45) is 4.02. The van der Waals surface area contributed by atoms with Crippen molar-refractivity contribution in [3.8, 4) is 0 Å². The van der Waals surface area contributed by atoms with Gasteiger partial charge in [0.25, 0.3) is 5.91 Å². The van der Waals surface area contributed by atoms with Gasteiger partial charge in [0, 0.05) is 17.8 Å². The van der Waals surface area contributed by atoms with Crippen molar-refractivity contribution < 1.29 is 14.7 Å². The van der Waals surface area contributed by atoms with Crippen molar-refractivity contribution in [2.75, 3.05) is 0 Å². The molecule has 2 aromatic rings. The van der Waals surface area contributed by atoms with Crippen LogP contribution >= 0.6 is 0 Å². The van der Waals surface area contributed by atoms with E-state index in [4.69, 9.17) is 5.11 Å². The summed E-state index contributed by atoms with van der Waals surface area (Å²) in [5.41, 5.74) is 1.75. The van der Waals surface area contributed by atoms with Crippen molar-refractivity contribution in [2.24, 2.45) is 0 Å². The normalized spacial score (nSPS) is 10.5. The van der Waals surface area contributed by atoms with E-state index < -0.39 is 5.97 Å². The van der Waals surface area contributed by atoms with Gasteiger partial charge in [-0.05, 0) is 35.9 Å². The van der Waals surface area contributed by atoms with Gasteiger partial charge in [-0.25, -0.2) is 4.79 Å². The fraction of sp³-hybridized carbons (Fsp3) is 0.0667. The molecule has 0 atom stereocenters. The maximum absolute atomic E-state index is 12.0. The summed E-state index contributed by atoms with van der Waals surface area (Å²) in [7, 11) is 0. The number of amides is 1. The van der Waals surface area contributed by atoms with Crippen LogP contribution in [0, 0.1) is 0 Å². The largest absolute Gasteiger partial charge is 0.478 e. The predicted molar refractivity (Wildman–Crippen MR) is 76.3 cm³/mol. The maximum Gasteiger partial charge on any atom is 0.328 e. The molecular formula is C15H13N3O3. The molecule has 0 saturated carbocycles. The Bertz CT molecular complexity index is 669. The van der Waals surface area contributed by atoms with Gasteiger partial charge in [0.1, 0.15) is 0 Å². The number of aromatic nitrogens is 2. The summed E-state index contributed by atoms with van der Waals surface area (Å²) in [5.74, 6) is -1.29. The number of nitrogens with zero attached hydrogens (tertiary/aromatic N) is 2. The van der Waals surface area contributed by atoms with Crippen LogP contribution < -0.4 is 5.32 Å². The van der Waals surface area contributed by atoms with Crippen molar-refractivity contribution in [3.05, 3.63) is 65.5 Å². The van der Waals surface area contributed by atoms with E-state index in [1.807, 2.05) is 0 Å². The minimum Gasteiger partial charge on any atom is -0.478 e. The lowest BCUT2D eigenvalue weighted by Crippen LogP contribution is -2.23. The Morgan fingerprint density at radius 3 is 2.81 bits per heavy atom. The fourth-order valence-corrected chi connectivity index (χ4v) is 1.65. The van der Waals surface area contributed by atoms with E-state index in [2.05, 4.69) is 15.5 Å². The van der Waals surface area contributed by atoms with Crippen molar-refractivity contribution in [1.82, 2.24) is 15.5 Å². The Labute approximate surface area is 121 Å². The van der Waals surface area contributed by atoms with Gasteiger partial charge in [0.2, 0.25) is 0 Å². The molecule has 2 N–H and O–H groups in total. The fourth-order valence-electron chi connectivity index (χ4n) is 1.65. The zero-order valence-electron chi connectivity index (χ0n) is 11.1. The number of carboxylic acid groups (broad SMARTS) is 1. The molecule has 1 amide bonds. The highest BCUT2D eigenvalue weighted by molar-refractivity contribution is 5.95. The standard InChI is InChI=1S/C15H13N3O3/c19-14(20)7-6-11-3-1-4-12(9-11)15(21)16-10-13-5-2-8-17-18-13/h1-9H,10H2,(H,16,21)(H,19,20)/b7-6+. The molecule has 106 valence electrons. The van der Waals surface area contributed by atoms with E-state index in [1.165, 1.54) is 6.08 Å². The first-order valence-electron chi connectivity index (χ1n) is 6.21. The summed E-state index contributed by atoms with van der Waals surface area (Å²) < 4.78 is 0. The number of rotatable bonds is 5. The van der Waals surface area contributed by atoms with E-state index in [9.17, 15) is 9.59 Å². The van der Waals surface area contributed by atoms with Crippen LogP contribution in [0.4, 0.5) is 0 Å². The summed E-state index contributed by atoms with van der Waals surface area (Å²) in [6, 6.07) is 10.2. The minimum atomic E-state index is -1.03.